The predicted molar refractivity (Wildman–Crippen MR) is 87.8 cm³/mol. The molecule has 0 bridgehead atoms. The van der Waals surface area contributed by atoms with Gasteiger partial charge in [-0.2, -0.15) is 0 Å². The van der Waals surface area contributed by atoms with Crippen molar-refractivity contribution < 1.29 is 9.21 Å². The minimum Gasteiger partial charge on any atom is -0.466 e. The van der Waals surface area contributed by atoms with Gasteiger partial charge in [-0.15, -0.1) is 0 Å². The van der Waals surface area contributed by atoms with Crippen molar-refractivity contribution in [3.63, 3.8) is 0 Å². The molecule has 2 aromatic heterocycles. The molecule has 0 radical (unpaired) electrons. The highest BCUT2D eigenvalue weighted by atomic mass is 16.3. The average Bonchev–Trinajstić information content (AvgIpc) is 2.81. The van der Waals surface area contributed by atoms with Crippen molar-refractivity contribution >= 4 is 5.91 Å². The third-order valence-electron chi connectivity index (χ3n) is 4.28. The van der Waals surface area contributed by atoms with E-state index in [1.165, 1.54) is 16.8 Å². The van der Waals surface area contributed by atoms with E-state index >= 15 is 0 Å². The molecule has 0 unspecified atom stereocenters. The SMILES string of the molecule is Cc1cc2c(o1)CC(C)(C)C[C@@H]2NC(=O)Cn1ccc(=O)[nH]c1=O. The number of hydrogen-bond donors (Lipinski definition) is 2. The lowest BCUT2D eigenvalue weighted by atomic mass is 9.74. The average molecular weight is 331 g/mol. The van der Waals surface area contributed by atoms with Gasteiger partial charge < -0.3 is 9.73 Å². The molecule has 1 aliphatic carbocycles. The zero-order chi connectivity index (χ0) is 17.5. The molecule has 0 saturated carbocycles. The van der Waals surface area contributed by atoms with E-state index < -0.39 is 11.2 Å². The Kier molecular flexibility index (Phi) is 3.95. The predicted octanol–water partition coefficient (Wildman–Crippen LogP) is 1.27. The summed E-state index contributed by atoms with van der Waals surface area (Å²) in [6.45, 7) is 6.03. The molecule has 0 aliphatic heterocycles. The first kappa shape index (κ1) is 16.3. The molecule has 0 aromatic carbocycles. The number of aromatic nitrogens is 2. The zero-order valence-corrected chi connectivity index (χ0v) is 14.0. The molecule has 0 spiro atoms. The van der Waals surface area contributed by atoms with Gasteiger partial charge >= 0.3 is 5.69 Å². The summed E-state index contributed by atoms with van der Waals surface area (Å²) in [6.07, 6.45) is 2.95. The molecule has 2 heterocycles. The van der Waals surface area contributed by atoms with Crippen LogP contribution in [0.1, 0.15) is 43.4 Å². The second-order valence-corrected chi connectivity index (χ2v) is 7.14. The number of furan rings is 1. The summed E-state index contributed by atoms with van der Waals surface area (Å²) in [6, 6.07) is 3.03. The van der Waals surface area contributed by atoms with Gasteiger partial charge in [-0.1, -0.05) is 13.8 Å². The first-order valence-electron chi connectivity index (χ1n) is 7.92. The Hall–Kier alpha value is -2.57. The first-order valence-corrected chi connectivity index (χ1v) is 7.92. The number of rotatable bonds is 3. The van der Waals surface area contributed by atoms with E-state index in [9.17, 15) is 14.4 Å². The quantitative estimate of drug-likeness (QED) is 0.885. The summed E-state index contributed by atoms with van der Waals surface area (Å²) in [7, 11) is 0. The van der Waals surface area contributed by atoms with Crippen molar-refractivity contribution in [1.29, 1.82) is 0 Å². The highest BCUT2D eigenvalue weighted by Gasteiger charge is 2.35. The zero-order valence-electron chi connectivity index (χ0n) is 14.0. The van der Waals surface area contributed by atoms with E-state index in [0.717, 1.165) is 29.9 Å². The van der Waals surface area contributed by atoms with Crippen molar-refractivity contribution in [3.05, 3.63) is 56.3 Å². The monoisotopic (exact) mass is 331 g/mol. The van der Waals surface area contributed by atoms with E-state index in [-0.39, 0.29) is 23.9 Å². The van der Waals surface area contributed by atoms with Crippen LogP contribution in [-0.4, -0.2) is 15.5 Å². The summed E-state index contributed by atoms with van der Waals surface area (Å²) in [5.41, 5.74) is -0.0518. The molecule has 0 fully saturated rings. The van der Waals surface area contributed by atoms with E-state index in [1.807, 2.05) is 13.0 Å². The molecular weight excluding hydrogens is 310 g/mol. The van der Waals surface area contributed by atoms with Gasteiger partial charge in [-0.05, 0) is 24.8 Å². The summed E-state index contributed by atoms with van der Waals surface area (Å²) < 4.78 is 6.93. The van der Waals surface area contributed by atoms with Crippen molar-refractivity contribution in [3.8, 4) is 0 Å². The van der Waals surface area contributed by atoms with Gasteiger partial charge in [-0.25, -0.2) is 4.79 Å². The Labute approximate surface area is 138 Å². The maximum atomic E-state index is 12.4. The van der Waals surface area contributed by atoms with Crippen molar-refractivity contribution in [1.82, 2.24) is 14.9 Å². The third kappa shape index (κ3) is 3.34. The Bertz CT molecular complexity index is 888. The third-order valence-corrected chi connectivity index (χ3v) is 4.28. The number of nitrogens with zero attached hydrogens (tertiary/aromatic N) is 1. The maximum absolute atomic E-state index is 12.4. The van der Waals surface area contributed by atoms with Crippen LogP contribution in [0.15, 0.2) is 32.3 Å². The van der Waals surface area contributed by atoms with Gasteiger partial charge in [0.15, 0.2) is 0 Å². The minimum atomic E-state index is -0.596. The van der Waals surface area contributed by atoms with Crippen LogP contribution < -0.4 is 16.6 Å². The van der Waals surface area contributed by atoms with E-state index in [2.05, 4.69) is 24.1 Å². The number of aryl methyl sites for hydroxylation is 1. The lowest BCUT2D eigenvalue weighted by Gasteiger charge is -2.34. The van der Waals surface area contributed by atoms with E-state index in [0.29, 0.717) is 0 Å². The van der Waals surface area contributed by atoms with Crippen molar-refractivity contribution in [2.24, 2.45) is 5.41 Å². The van der Waals surface area contributed by atoms with Crippen LogP contribution in [0.3, 0.4) is 0 Å². The Morgan fingerprint density at radius 2 is 2.21 bits per heavy atom. The second kappa shape index (κ2) is 5.81. The lowest BCUT2D eigenvalue weighted by molar-refractivity contribution is -0.122. The largest absolute Gasteiger partial charge is 0.466 e. The summed E-state index contributed by atoms with van der Waals surface area (Å²) in [5, 5.41) is 2.98. The fraction of sp³-hybridized carbons (Fsp3) is 0.471. The smallest absolute Gasteiger partial charge is 0.328 e. The molecule has 128 valence electrons. The van der Waals surface area contributed by atoms with Gasteiger partial charge in [0.25, 0.3) is 5.56 Å². The molecule has 1 amide bonds. The Morgan fingerprint density at radius 3 is 2.92 bits per heavy atom. The molecule has 2 aromatic rings. The first-order chi connectivity index (χ1) is 11.2. The highest BCUT2D eigenvalue weighted by Crippen LogP contribution is 2.41. The number of H-pyrrole nitrogens is 1. The van der Waals surface area contributed by atoms with Gasteiger partial charge in [0.2, 0.25) is 5.91 Å². The number of amides is 1. The van der Waals surface area contributed by atoms with Gasteiger partial charge in [-0.3, -0.25) is 19.1 Å². The molecule has 7 heteroatoms. The van der Waals surface area contributed by atoms with Crippen LogP contribution in [0.4, 0.5) is 0 Å². The lowest BCUT2D eigenvalue weighted by Crippen LogP contribution is -2.39. The molecule has 2 N–H and O–H groups in total. The van der Waals surface area contributed by atoms with Gasteiger partial charge in [0.1, 0.15) is 18.1 Å². The fourth-order valence-corrected chi connectivity index (χ4v) is 3.28. The Morgan fingerprint density at radius 1 is 1.46 bits per heavy atom. The summed E-state index contributed by atoms with van der Waals surface area (Å²) in [5.74, 6) is 1.46. The van der Waals surface area contributed by atoms with Crippen LogP contribution >= 0.6 is 0 Å². The fourth-order valence-electron chi connectivity index (χ4n) is 3.28. The minimum absolute atomic E-state index is 0.0179. The summed E-state index contributed by atoms with van der Waals surface area (Å²) in [4.78, 5) is 37.3. The van der Waals surface area contributed by atoms with Gasteiger partial charge in [0, 0.05) is 24.2 Å². The maximum Gasteiger partial charge on any atom is 0.328 e. The van der Waals surface area contributed by atoms with E-state index in [1.54, 1.807) is 0 Å². The van der Waals surface area contributed by atoms with Crippen LogP contribution in [0.25, 0.3) is 0 Å². The number of aromatic amines is 1. The molecule has 1 atom stereocenters. The van der Waals surface area contributed by atoms with Crippen molar-refractivity contribution in [2.75, 3.05) is 0 Å². The van der Waals surface area contributed by atoms with Crippen LogP contribution in [0, 0.1) is 12.3 Å². The molecule has 3 rings (SSSR count). The number of fused-ring (bicyclic) bond motifs is 1. The number of carbonyl (C=O) groups excluding carboxylic acids is 1. The molecule has 0 saturated heterocycles. The normalized spacial score (nSPS) is 18.9. The number of hydrogen-bond acceptors (Lipinski definition) is 4. The second-order valence-electron chi connectivity index (χ2n) is 7.14. The van der Waals surface area contributed by atoms with E-state index in [4.69, 9.17) is 4.42 Å². The molecule has 24 heavy (non-hydrogen) atoms. The number of carbonyl (C=O) groups is 1. The molecule has 7 nitrogen and oxygen atoms in total. The van der Waals surface area contributed by atoms with Crippen LogP contribution in [0.2, 0.25) is 0 Å². The molecular formula is C17H21N3O4. The number of nitrogens with one attached hydrogen (secondary N) is 2. The summed E-state index contributed by atoms with van der Waals surface area (Å²) >= 11 is 0. The molecule has 1 aliphatic rings. The highest BCUT2D eigenvalue weighted by molar-refractivity contribution is 5.76. The van der Waals surface area contributed by atoms with Crippen molar-refractivity contribution in [2.45, 2.75) is 46.2 Å². The standard InChI is InChI=1S/C17H21N3O4/c1-10-6-11-12(7-17(2,3)8-13(11)24-10)18-15(22)9-20-5-4-14(21)19-16(20)23/h4-6,12H,7-9H2,1-3H3,(H,18,22)(H,19,21,23)/t12-/m0/s1. The Balaban J connectivity index is 1.78. The van der Waals surface area contributed by atoms with Gasteiger partial charge in [0.05, 0.1) is 6.04 Å². The topological polar surface area (TPSA) is 97.1 Å². The van der Waals surface area contributed by atoms with Crippen LogP contribution in [0.5, 0.6) is 0 Å². The van der Waals surface area contributed by atoms with Crippen LogP contribution in [-0.2, 0) is 17.8 Å².